The maximum Gasteiger partial charge on any atom is 0.164 e. The zero-order valence-electron chi connectivity index (χ0n) is 30.5. The second kappa shape index (κ2) is 12.3. The number of para-hydroxylation sites is 4. The summed E-state index contributed by atoms with van der Waals surface area (Å²) in [5.41, 5.74) is 10.9. The van der Waals surface area contributed by atoms with Gasteiger partial charge in [-0.15, -0.1) is 0 Å². The smallest absolute Gasteiger partial charge is 0.164 e. The Kier molecular flexibility index (Phi) is 6.83. The number of aromatic nitrogens is 5. The Morgan fingerprint density at radius 1 is 0.368 bits per heavy atom. The van der Waals surface area contributed by atoms with E-state index in [4.69, 9.17) is 19.4 Å². The zero-order chi connectivity index (χ0) is 37.5. The van der Waals surface area contributed by atoms with Crippen molar-refractivity contribution in [1.82, 2.24) is 24.1 Å². The van der Waals surface area contributed by atoms with Crippen molar-refractivity contribution in [1.29, 1.82) is 0 Å². The molecule has 0 radical (unpaired) electrons. The summed E-state index contributed by atoms with van der Waals surface area (Å²) >= 11 is 0. The lowest BCUT2D eigenvalue weighted by atomic mass is 10.0. The normalized spacial score (nSPS) is 11.9. The van der Waals surface area contributed by atoms with Crippen LogP contribution in [0.15, 0.2) is 192 Å². The third kappa shape index (κ3) is 4.74. The van der Waals surface area contributed by atoms with Crippen molar-refractivity contribution in [2.45, 2.75) is 0 Å². The predicted molar refractivity (Wildman–Crippen MR) is 232 cm³/mol. The SMILES string of the molecule is c1ccc(-c2nc(-c3ccccc3)nc(-c3cccc4c3c3ccc5oc6c(-n7c8ccccc8c8ccccc87)cccc6c5c3n4-c3ccccc3)n2)cc1. The topological polar surface area (TPSA) is 61.7 Å². The van der Waals surface area contributed by atoms with Crippen LogP contribution in [0.25, 0.3) is 111 Å². The van der Waals surface area contributed by atoms with Gasteiger partial charge in [-0.3, -0.25) is 0 Å². The van der Waals surface area contributed by atoms with E-state index >= 15 is 0 Å². The molecule has 0 aliphatic rings. The van der Waals surface area contributed by atoms with Gasteiger partial charge in [0, 0.05) is 49.3 Å². The van der Waals surface area contributed by atoms with Gasteiger partial charge in [0.25, 0.3) is 0 Å². The molecule has 0 fully saturated rings. The molecular formula is C51H31N5O. The summed E-state index contributed by atoms with van der Waals surface area (Å²) in [6.07, 6.45) is 0. The maximum atomic E-state index is 6.98. The highest BCUT2D eigenvalue weighted by molar-refractivity contribution is 6.27. The molecule has 12 aromatic rings. The van der Waals surface area contributed by atoms with E-state index in [1.54, 1.807) is 0 Å². The van der Waals surface area contributed by atoms with E-state index in [-0.39, 0.29) is 0 Å². The fourth-order valence-electron chi connectivity index (χ4n) is 8.74. The van der Waals surface area contributed by atoms with Gasteiger partial charge >= 0.3 is 0 Å². The van der Waals surface area contributed by atoms with Crippen molar-refractivity contribution in [2.75, 3.05) is 0 Å². The van der Waals surface area contributed by atoms with Gasteiger partial charge in [0.2, 0.25) is 0 Å². The average molecular weight is 730 g/mol. The summed E-state index contributed by atoms with van der Waals surface area (Å²) in [4.78, 5) is 15.3. The zero-order valence-corrected chi connectivity index (χ0v) is 30.5. The fraction of sp³-hybridized carbons (Fsp3) is 0. The summed E-state index contributed by atoms with van der Waals surface area (Å²) in [5, 5.41) is 6.69. The van der Waals surface area contributed by atoms with Crippen LogP contribution in [0.2, 0.25) is 0 Å². The highest BCUT2D eigenvalue weighted by atomic mass is 16.3. The first-order valence-corrected chi connectivity index (χ1v) is 19.1. The summed E-state index contributed by atoms with van der Waals surface area (Å²) in [6.45, 7) is 0. The van der Waals surface area contributed by atoms with E-state index in [0.717, 1.165) is 82.8 Å². The molecule has 0 N–H and O–H groups in total. The lowest BCUT2D eigenvalue weighted by Crippen LogP contribution is -2.00. The molecule has 12 rings (SSSR count). The third-order valence-corrected chi connectivity index (χ3v) is 11.2. The third-order valence-electron chi connectivity index (χ3n) is 11.2. The Morgan fingerprint density at radius 3 is 1.58 bits per heavy atom. The lowest BCUT2D eigenvalue weighted by Gasteiger charge is -2.10. The molecular weight excluding hydrogens is 699 g/mol. The summed E-state index contributed by atoms with van der Waals surface area (Å²) in [5.74, 6) is 1.87. The Morgan fingerprint density at radius 2 is 0.912 bits per heavy atom. The van der Waals surface area contributed by atoms with Gasteiger partial charge in [0.1, 0.15) is 5.58 Å². The Bertz CT molecular complexity index is 3400. The van der Waals surface area contributed by atoms with Gasteiger partial charge in [-0.25, -0.2) is 15.0 Å². The molecule has 0 saturated heterocycles. The Hall–Kier alpha value is -7.83. The van der Waals surface area contributed by atoms with Crippen molar-refractivity contribution < 1.29 is 4.42 Å². The molecule has 0 unspecified atom stereocenters. The molecule has 57 heavy (non-hydrogen) atoms. The fourth-order valence-corrected chi connectivity index (χ4v) is 8.74. The van der Waals surface area contributed by atoms with E-state index < -0.39 is 0 Å². The van der Waals surface area contributed by atoms with Gasteiger partial charge in [0.05, 0.1) is 33.1 Å². The minimum atomic E-state index is 0.617. The molecule has 6 nitrogen and oxygen atoms in total. The van der Waals surface area contributed by atoms with Crippen LogP contribution in [-0.2, 0) is 0 Å². The number of furan rings is 1. The minimum absolute atomic E-state index is 0.617. The molecule has 0 amide bonds. The van der Waals surface area contributed by atoms with Crippen molar-refractivity contribution in [2.24, 2.45) is 0 Å². The first-order chi connectivity index (χ1) is 28.3. The number of hydrogen-bond donors (Lipinski definition) is 0. The summed E-state index contributed by atoms with van der Waals surface area (Å²) in [7, 11) is 0. The van der Waals surface area contributed by atoms with Gasteiger partial charge in [-0.05, 0) is 48.5 Å². The van der Waals surface area contributed by atoms with Crippen molar-refractivity contribution >= 4 is 65.6 Å². The molecule has 4 heterocycles. The predicted octanol–water partition coefficient (Wildman–Crippen LogP) is 13.0. The summed E-state index contributed by atoms with van der Waals surface area (Å²) in [6, 6.07) is 65.3. The number of hydrogen-bond acceptors (Lipinski definition) is 4. The number of benzene rings is 8. The second-order valence-corrected chi connectivity index (χ2v) is 14.4. The van der Waals surface area contributed by atoms with Crippen molar-refractivity contribution in [3.8, 4) is 45.5 Å². The van der Waals surface area contributed by atoms with E-state index in [2.05, 4.69) is 137 Å². The van der Waals surface area contributed by atoms with E-state index in [1.165, 1.54) is 10.8 Å². The number of rotatable bonds is 5. The highest BCUT2D eigenvalue weighted by Gasteiger charge is 2.24. The van der Waals surface area contributed by atoms with Crippen LogP contribution in [0.4, 0.5) is 0 Å². The van der Waals surface area contributed by atoms with Crippen molar-refractivity contribution in [3.05, 3.63) is 188 Å². The first-order valence-electron chi connectivity index (χ1n) is 19.1. The van der Waals surface area contributed by atoms with E-state index in [1.807, 2.05) is 60.7 Å². The van der Waals surface area contributed by atoms with Gasteiger partial charge in [-0.2, -0.15) is 0 Å². The largest absolute Gasteiger partial charge is 0.454 e. The molecule has 0 atom stereocenters. The molecule has 266 valence electrons. The van der Waals surface area contributed by atoms with Gasteiger partial charge in [-0.1, -0.05) is 140 Å². The van der Waals surface area contributed by atoms with Crippen LogP contribution in [0.1, 0.15) is 0 Å². The molecule has 0 aliphatic carbocycles. The molecule has 0 saturated carbocycles. The van der Waals surface area contributed by atoms with E-state index in [0.29, 0.717) is 17.5 Å². The van der Waals surface area contributed by atoms with Crippen LogP contribution in [0.3, 0.4) is 0 Å². The molecule has 4 aromatic heterocycles. The van der Waals surface area contributed by atoms with Gasteiger partial charge < -0.3 is 13.6 Å². The quantitative estimate of drug-likeness (QED) is 0.177. The van der Waals surface area contributed by atoms with E-state index in [9.17, 15) is 0 Å². The Balaban J connectivity index is 1.19. The average Bonchev–Trinajstić information content (AvgIpc) is 3.95. The van der Waals surface area contributed by atoms with Gasteiger partial charge in [0.15, 0.2) is 23.1 Å². The standard InChI is InChI=1S/C51H31N5O/c1-4-16-32(17-5-1)49-52-50(33-18-6-2-7-19-33)54-51(53-49)39-25-15-28-42-45(39)37-30-31-44-46(47(37)55(42)34-20-8-3-9-21-34)38-24-14-29-43(48(38)57-44)56-40-26-12-10-22-35(40)36-23-11-13-27-41(36)56/h1-31H. The molecule has 6 heteroatoms. The highest BCUT2D eigenvalue weighted by Crippen LogP contribution is 2.45. The van der Waals surface area contributed by atoms with Crippen LogP contribution < -0.4 is 0 Å². The molecule has 0 aliphatic heterocycles. The maximum absolute atomic E-state index is 6.98. The summed E-state index contributed by atoms with van der Waals surface area (Å²) < 4.78 is 11.7. The number of fused-ring (bicyclic) bond motifs is 10. The van der Waals surface area contributed by atoms with Crippen LogP contribution in [0.5, 0.6) is 0 Å². The first kappa shape index (κ1) is 31.5. The van der Waals surface area contributed by atoms with Crippen LogP contribution >= 0.6 is 0 Å². The minimum Gasteiger partial charge on any atom is -0.454 e. The van der Waals surface area contributed by atoms with Crippen LogP contribution in [-0.4, -0.2) is 24.1 Å². The lowest BCUT2D eigenvalue weighted by molar-refractivity contribution is 0.666. The number of nitrogens with zero attached hydrogens (tertiary/aromatic N) is 5. The molecule has 8 aromatic carbocycles. The Labute approximate surface area is 326 Å². The molecule has 0 spiro atoms. The molecule has 0 bridgehead atoms. The monoisotopic (exact) mass is 729 g/mol. The second-order valence-electron chi connectivity index (χ2n) is 14.4. The van der Waals surface area contributed by atoms with Crippen LogP contribution in [0, 0.1) is 0 Å². The van der Waals surface area contributed by atoms with Crippen molar-refractivity contribution in [3.63, 3.8) is 0 Å².